The summed E-state index contributed by atoms with van der Waals surface area (Å²) in [5, 5.41) is 11.3. The molecule has 2 amide bonds. The Balaban J connectivity index is 2.01. The van der Waals surface area contributed by atoms with Gasteiger partial charge in [-0.3, -0.25) is 19.6 Å². The highest BCUT2D eigenvalue weighted by atomic mass is 16.5. The number of carbonyl (C=O) groups is 2. The molecule has 0 saturated carbocycles. The van der Waals surface area contributed by atoms with Crippen LogP contribution < -0.4 is 4.74 Å². The lowest BCUT2D eigenvalue weighted by atomic mass is 10.1. The first-order chi connectivity index (χ1) is 10.5. The summed E-state index contributed by atoms with van der Waals surface area (Å²) in [7, 11) is 0. The van der Waals surface area contributed by atoms with Gasteiger partial charge in [-0.05, 0) is 20.8 Å². The van der Waals surface area contributed by atoms with Crippen LogP contribution in [0, 0.1) is 12.8 Å². The zero-order chi connectivity index (χ0) is 16.0. The van der Waals surface area contributed by atoms with Crippen LogP contribution >= 0.6 is 0 Å². The molecule has 22 heavy (non-hydrogen) atoms. The first kappa shape index (κ1) is 14.6. The summed E-state index contributed by atoms with van der Waals surface area (Å²) in [4.78, 5) is 25.5. The molecule has 1 aliphatic heterocycles. The van der Waals surface area contributed by atoms with Crippen molar-refractivity contribution in [3.63, 3.8) is 0 Å². The third kappa shape index (κ3) is 1.98. The van der Waals surface area contributed by atoms with Crippen LogP contribution in [0.3, 0.4) is 0 Å². The van der Waals surface area contributed by atoms with E-state index in [4.69, 9.17) is 4.74 Å². The maximum atomic E-state index is 12.2. The molecule has 0 bridgehead atoms. The Morgan fingerprint density at radius 3 is 2.73 bits per heavy atom. The van der Waals surface area contributed by atoms with Crippen LogP contribution in [0.15, 0.2) is 0 Å². The standard InChI is InChI=1S/C14H19N5O3/c1-5-22-13-8(3)11-15-16-12(19(11)17-13)9(4)18-10(20)6-7(2)14(18)21/h7,9,17H,5-6H2,1-4H3. The van der Waals surface area contributed by atoms with Crippen LogP contribution in [0.1, 0.15) is 44.6 Å². The van der Waals surface area contributed by atoms with E-state index >= 15 is 0 Å². The van der Waals surface area contributed by atoms with Crippen molar-refractivity contribution < 1.29 is 14.3 Å². The Bertz CT molecular complexity index is 747. The number of amides is 2. The summed E-state index contributed by atoms with van der Waals surface area (Å²) in [5.41, 5.74) is 1.48. The van der Waals surface area contributed by atoms with E-state index in [0.717, 1.165) is 5.56 Å². The van der Waals surface area contributed by atoms with Gasteiger partial charge in [-0.15, -0.1) is 10.2 Å². The molecule has 1 N–H and O–H groups in total. The van der Waals surface area contributed by atoms with Gasteiger partial charge in [0, 0.05) is 12.3 Å². The van der Waals surface area contributed by atoms with E-state index in [9.17, 15) is 9.59 Å². The average Bonchev–Trinajstić information content (AvgIpc) is 3.07. The average molecular weight is 305 g/mol. The smallest absolute Gasteiger partial charge is 0.233 e. The quantitative estimate of drug-likeness (QED) is 0.857. The Labute approximate surface area is 127 Å². The lowest BCUT2D eigenvalue weighted by Gasteiger charge is -2.20. The van der Waals surface area contributed by atoms with Gasteiger partial charge in [0.25, 0.3) is 0 Å². The first-order valence-corrected chi connectivity index (χ1v) is 7.38. The van der Waals surface area contributed by atoms with Crippen molar-refractivity contribution in [2.24, 2.45) is 5.92 Å². The fourth-order valence-corrected chi connectivity index (χ4v) is 2.82. The molecule has 2 aromatic heterocycles. The van der Waals surface area contributed by atoms with Crippen molar-refractivity contribution in [3.05, 3.63) is 11.4 Å². The van der Waals surface area contributed by atoms with E-state index in [1.807, 2.05) is 13.8 Å². The predicted octanol–water partition coefficient (Wildman–Crippen LogP) is 1.22. The molecule has 1 aliphatic rings. The molecule has 8 heteroatoms. The highest BCUT2D eigenvalue weighted by Gasteiger charge is 2.40. The number of aryl methyl sites for hydroxylation is 1. The second-order valence-electron chi connectivity index (χ2n) is 5.60. The van der Waals surface area contributed by atoms with Crippen LogP contribution in [0.2, 0.25) is 0 Å². The fraction of sp³-hybridized carbons (Fsp3) is 0.571. The molecular weight excluding hydrogens is 286 g/mol. The SMILES string of the molecule is CCOc1[nH]n2c(C(C)N3C(=O)CC(C)C3=O)nnc2c1C. The van der Waals surface area contributed by atoms with Gasteiger partial charge in [0.1, 0.15) is 0 Å². The summed E-state index contributed by atoms with van der Waals surface area (Å²) in [5.74, 6) is 0.522. The second-order valence-corrected chi connectivity index (χ2v) is 5.60. The molecule has 1 fully saturated rings. The minimum atomic E-state index is -0.479. The zero-order valence-electron chi connectivity index (χ0n) is 13.1. The predicted molar refractivity (Wildman–Crippen MR) is 77.3 cm³/mol. The van der Waals surface area contributed by atoms with Crippen LogP contribution in [-0.2, 0) is 9.59 Å². The van der Waals surface area contributed by atoms with Crippen LogP contribution in [0.25, 0.3) is 5.65 Å². The monoisotopic (exact) mass is 305 g/mol. The normalized spacial score (nSPS) is 20.2. The second kappa shape index (κ2) is 5.11. The minimum absolute atomic E-state index is 0.164. The van der Waals surface area contributed by atoms with Crippen LogP contribution in [-0.4, -0.2) is 43.1 Å². The molecule has 3 heterocycles. The van der Waals surface area contributed by atoms with Gasteiger partial charge in [0.2, 0.25) is 17.7 Å². The van der Waals surface area contributed by atoms with E-state index in [1.54, 1.807) is 18.4 Å². The Morgan fingerprint density at radius 1 is 1.41 bits per heavy atom. The van der Waals surface area contributed by atoms with Crippen molar-refractivity contribution in [1.29, 1.82) is 0 Å². The van der Waals surface area contributed by atoms with Crippen molar-refractivity contribution in [3.8, 4) is 5.88 Å². The highest BCUT2D eigenvalue weighted by Crippen LogP contribution is 2.30. The molecule has 0 spiro atoms. The number of hydrogen-bond donors (Lipinski definition) is 1. The van der Waals surface area contributed by atoms with Gasteiger partial charge in [-0.1, -0.05) is 6.92 Å². The number of imide groups is 1. The van der Waals surface area contributed by atoms with Crippen molar-refractivity contribution in [1.82, 2.24) is 24.7 Å². The summed E-state index contributed by atoms with van der Waals surface area (Å²) in [6, 6.07) is -0.479. The topological polar surface area (TPSA) is 92.6 Å². The number of aromatic nitrogens is 4. The first-order valence-electron chi connectivity index (χ1n) is 7.38. The lowest BCUT2D eigenvalue weighted by Crippen LogP contribution is -2.34. The molecule has 0 aliphatic carbocycles. The molecule has 8 nitrogen and oxygen atoms in total. The summed E-state index contributed by atoms with van der Waals surface area (Å²) < 4.78 is 7.18. The van der Waals surface area contributed by atoms with Gasteiger partial charge in [0.15, 0.2) is 11.5 Å². The van der Waals surface area contributed by atoms with Gasteiger partial charge >= 0.3 is 0 Å². The van der Waals surface area contributed by atoms with Crippen LogP contribution in [0.5, 0.6) is 5.88 Å². The number of H-pyrrole nitrogens is 1. The van der Waals surface area contributed by atoms with E-state index in [0.29, 0.717) is 24.0 Å². The summed E-state index contributed by atoms with van der Waals surface area (Å²) >= 11 is 0. The molecule has 3 rings (SSSR count). The molecular formula is C14H19N5O3. The number of nitrogens with zero attached hydrogens (tertiary/aromatic N) is 4. The molecule has 2 unspecified atom stereocenters. The molecule has 0 aromatic carbocycles. The third-order valence-corrected chi connectivity index (χ3v) is 4.04. The number of hydrogen-bond acceptors (Lipinski definition) is 5. The molecule has 1 saturated heterocycles. The number of nitrogens with one attached hydrogen (secondary N) is 1. The zero-order valence-corrected chi connectivity index (χ0v) is 13.1. The maximum Gasteiger partial charge on any atom is 0.233 e. The number of fused-ring (bicyclic) bond motifs is 1. The van der Waals surface area contributed by atoms with Crippen molar-refractivity contribution in [2.75, 3.05) is 6.61 Å². The van der Waals surface area contributed by atoms with E-state index < -0.39 is 6.04 Å². The molecule has 2 aromatic rings. The Morgan fingerprint density at radius 2 is 2.14 bits per heavy atom. The van der Waals surface area contributed by atoms with Crippen molar-refractivity contribution >= 4 is 17.5 Å². The Hall–Kier alpha value is -2.38. The van der Waals surface area contributed by atoms with Crippen LogP contribution in [0.4, 0.5) is 0 Å². The highest BCUT2D eigenvalue weighted by molar-refractivity contribution is 6.03. The number of likely N-dealkylation sites (tertiary alicyclic amines) is 1. The molecule has 2 atom stereocenters. The number of carbonyl (C=O) groups excluding carboxylic acids is 2. The third-order valence-electron chi connectivity index (χ3n) is 4.04. The summed E-state index contributed by atoms with van der Waals surface area (Å²) in [6.45, 7) is 7.85. The van der Waals surface area contributed by atoms with Gasteiger partial charge in [-0.25, -0.2) is 4.52 Å². The molecule has 118 valence electrons. The number of aromatic amines is 1. The van der Waals surface area contributed by atoms with E-state index in [1.165, 1.54) is 4.90 Å². The van der Waals surface area contributed by atoms with E-state index in [2.05, 4.69) is 15.3 Å². The maximum absolute atomic E-state index is 12.2. The van der Waals surface area contributed by atoms with Gasteiger partial charge in [-0.2, -0.15) is 0 Å². The largest absolute Gasteiger partial charge is 0.478 e. The summed E-state index contributed by atoms with van der Waals surface area (Å²) in [6.07, 6.45) is 0.249. The number of rotatable bonds is 4. The van der Waals surface area contributed by atoms with E-state index in [-0.39, 0.29) is 24.2 Å². The minimum Gasteiger partial charge on any atom is -0.478 e. The lowest BCUT2D eigenvalue weighted by molar-refractivity contribution is -0.141. The molecule has 0 radical (unpaired) electrons. The fourth-order valence-electron chi connectivity index (χ4n) is 2.82. The Kier molecular flexibility index (Phi) is 3.38. The van der Waals surface area contributed by atoms with Gasteiger partial charge < -0.3 is 4.74 Å². The van der Waals surface area contributed by atoms with Gasteiger partial charge in [0.05, 0.1) is 18.2 Å². The number of ether oxygens (including phenoxy) is 1. The van der Waals surface area contributed by atoms with Crippen molar-refractivity contribution in [2.45, 2.75) is 40.2 Å².